The van der Waals surface area contributed by atoms with Crippen LogP contribution in [0, 0.1) is 10.1 Å². The fraction of sp³-hybridized carbons (Fsp3) is 0.533. The van der Waals surface area contributed by atoms with Crippen LogP contribution in [0.5, 0.6) is 5.75 Å². The van der Waals surface area contributed by atoms with Gasteiger partial charge in [0.05, 0.1) is 18.0 Å². The van der Waals surface area contributed by atoms with Gasteiger partial charge in [0.1, 0.15) is 5.75 Å². The molecule has 0 aliphatic carbocycles. The van der Waals surface area contributed by atoms with Gasteiger partial charge in [0.15, 0.2) is 0 Å². The summed E-state index contributed by atoms with van der Waals surface area (Å²) in [6, 6.07) is 6.98. The molecule has 1 N–H and O–H groups in total. The van der Waals surface area contributed by atoms with Crippen molar-refractivity contribution in [3.63, 3.8) is 0 Å². The molecule has 0 saturated carbocycles. The molecule has 0 aliphatic heterocycles. The number of alkyl halides is 1. The molecule has 0 saturated heterocycles. The first kappa shape index (κ1) is 19.4. The van der Waals surface area contributed by atoms with Crippen molar-refractivity contribution >= 4 is 21.9 Å². The fourth-order valence-electron chi connectivity index (χ4n) is 1.94. The Morgan fingerprint density at radius 1 is 1.39 bits per heavy atom. The van der Waals surface area contributed by atoms with Crippen molar-refractivity contribution in [1.82, 2.24) is 0 Å². The van der Waals surface area contributed by atoms with E-state index in [4.69, 9.17) is 9.47 Å². The van der Waals surface area contributed by atoms with Gasteiger partial charge in [-0.1, -0.05) is 28.1 Å². The lowest BCUT2D eigenvalue weighted by Gasteiger charge is -2.28. The average molecular weight is 390 g/mol. The van der Waals surface area contributed by atoms with Crippen LogP contribution in [0.3, 0.4) is 0 Å². The van der Waals surface area contributed by atoms with Crippen molar-refractivity contribution in [1.29, 1.82) is 0 Å². The number of carbonyl (C=O) groups is 1. The Labute approximate surface area is 142 Å². The molecular weight excluding hydrogens is 370 g/mol. The van der Waals surface area contributed by atoms with Crippen LogP contribution >= 0.6 is 15.9 Å². The smallest absolute Gasteiger partial charge is 0.346 e. The number of esters is 1. The van der Waals surface area contributed by atoms with Gasteiger partial charge in [-0.2, -0.15) is 0 Å². The third-order valence-electron chi connectivity index (χ3n) is 3.16. The van der Waals surface area contributed by atoms with Gasteiger partial charge in [0.25, 0.3) is 0 Å². The van der Waals surface area contributed by atoms with E-state index in [2.05, 4.69) is 15.9 Å². The van der Waals surface area contributed by atoms with Crippen LogP contribution < -0.4 is 4.74 Å². The number of ether oxygens (including phenoxy) is 2. The zero-order chi connectivity index (χ0) is 17.6. The van der Waals surface area contributed by atoms with E-state index >= 15 is 0 Å². The maximum Gasteiger partial charge on any atom is 0.346 e. The highest BCUT2D eigenvalue weighted by atomic mass is 79.9. The van der Waals surface area contributed by atoms with Crippen LogP contribution in [-0.4, -0.2) is 46.2 Å². The molecule has 0 spiro atoms. The lowest BCUT2D eigenvalue weighted by molar-refractivity contribution is -0.497. The van der Waals surface area contributed by atoms with Crippen LogP contribution in [-0.2, 0) is 16.0 Å². The molecule has 128 valence electrons. The summed E-state index contributed by atoms with van der Waals surface area (Å²) in [6.45, 7) is 2.28. The number of nitro groups is 1. The summed E-state index contributed by atoms with van der Waals surface area (Å²) in [6.07, 6.45) is -0.275. The van der Waals surface area contributed by atoms with Gasteiger partial charge in [-0.15, -0.1) is 0 Å². The van der Waals surface area contributed by atoms with E-state index in [1.54, 1.807) is 45.2 Å². The first-order valence-corrected chi connectivity index (χ1v) is 7.93. The van der Waals surface area contributed by atoms with Crippen molar-refractivity contribution in [2.75, 3.05) is 13.7 Å². The highest BCUT2D eigenvalue weighted by Crippen LogP contribution is 2.26. The van der Waals surface area contributed by atoms with Gasteiger partial charge in [0, 0.05) is 4.92 Å². The molecule has 1 aromatic carbocycles. The van der Waals surface area contributed by atoms with Gasteiger partial charge in [-0.3, -0.25) is 10.1 Å². The third-order valence-corrected chi connectivity index (χ3v) is 4.24. The van der Waals surface area contributed by atoms with Crippen molar-refractivity contribution in [3.05, 3.63) is 39.9 Å². The molecule has 0 radical (unpaired) electrons. The molecule has 1 rings (SSSR count). The zero-order valence-corrected chi connectivity index (χ0v) is 14.8. The highest BCUT2D eigenvalue weighted by Gasteiger charge is 2.49. The van der Waals surface area contributed by atoms with E-state index in [-0.39, 0.29) is 6.42 Å². The van der Waals surface area contributed by atoms with E-state index in [1.807, 2.05) is 0 Å². The maximum absolute atomic E-state index is 12.1. The minimum Gasteiger partial charge on any atom is -0.497 e. The van der Waals surface area contributed by atoms with Crippen molar-refractivity contribution < 1.29 is 24.3 Å². The highest BCUT2D eigenvalue weighted by molar-refractivity contribution is 9.09. The van der Waals surface area contributed by atoms with E-state index in [9.17, 15) is 20.0 Å². The molecule has 0 bridgehead atoms. The predicted octanol–water partition coefficient (Wildman–Crippen LogP) is 1.96. The predicted molar refractivity (Wildman–Crippen MR) is 87.5 cm³/mol. The van der Waals surface area contributed by atoms with E-state index in [1.165, 1.54) is 0 Å². The number of nitrogens with zero attached hydrogens (tertiary/aromatic N) is 1. The number of methoxy groups -OCH3 is 1. The minimum absolute atomic E-state index is 0.210. The number of hydrogen-bond donors (Lipinski definition) is 1. The molecule has 0 fully saturated rings. The fourth-order valence-corrected chi connectivity index (χ4v) is 2.65. The Bertz CT molecular complexity index is 547. The molecule has 0 aliphatic rings. The summed E-state index contributed by atoms with van der Waals surface area (Å²) in [7, 11) is 1.54. The van der Waals surface area contributed by atoms with Gasteiger partial charge >= 0.3 is 5.97 Å². The molecule has 0 aromatic heterocycles. The van der Waals surface area contributed by atoms with E-state index in [0.717, 1.165) is 5.56 Å². The summed E-state index contributed by atoms with van der Waals surface area (Å²) in [5.41, 5.74) is -1.47. The molecule has 23 heavy (non-hydrogen) atoms. The van der Waals surface area contributed by atoms with Crippen LogP contribution in [0.25, 0.3) is 0 Å². The van der Waals surface area contributed by atoms with Crippen LogP contribution in [0.15, 0.2) is 24.3 Å². The topological polar surface area (TPSA) is 98.9 Å². The monoisotopic (exact) mass is 389 g/mol. The van der Waals surface area contributed by atoms with Gasteiger partial charge in [-0.05, 0) is 38.0 Å². The van der Waals surface area contributed by atoms with Crippen molar-refractivity contribution in [2.24, 2.45) is 0 Å². The standard InChI is InChI=1S/C15H20BrNO6/c1-10(2)23-14(18)15(19,9-17(20)21)13(16)8-11-4-6-12(22-3)7-5-11/h4-7,10,13,19H,8-9H2,1-3H3/t13-,15+/m1/s1. The average Bonchev–Trinajstić information content (AvgIpc) is 2.46. The Morgan fingerprint density at radius 2 is 1.96 bits per heavy atom. The van der Waals surface area contributed by atoms with Gasteiger partial charge in [-0.25, -0.2) is 4.79 Å². The molecular formula is C15H20BrNO6. The number of halogens is 1. The minimum atomic E-state index is -2.26. The number of carbonyl (C=O) groups excluding carboxylic acids is 1. The molecule has 7 nitrogen and oxygen atoms in total. The molecule has 8 heteroatoms. The van der Waals surface area contributed by atoms with Crippen LogP contribution in [0.4, 0.5) is 0 Å². The molecule has 0 amide bonds. The lowest BCUT2D eigenvalue weighted by atomic mass is 9.94. The molecule has 0 heterocycles. The van der Waals surface area contributed by atoms with E-state index < -0.39 is 34.0 Å². The van der Waals surface area contributed by atoms with Crippen LogP contribution in [0.1, 0.15) is 19.4 Å². The third kappa shape index (κ3) is 5.47. The molecule has 0 unspecified atom stereocenters. The summed E-state index contributed by atoms with van der Waals surface area (Å²) in [4.78, 5) is 21.4. The second-order valence-electron chi connectivity index (χ2n) is 5.39. The zero-order valence-electron chi connectivity index (χ0n) is 13.2. The Hall–Kier alpha value is -1.67. The molecule has 1 aromatic rings. The number of hydrogen-bond acceptors (Lipinski definition) is 6. The first-order chi connectivity index (χ1) is 10.7. The maximum atomic E-state index is 12.1. The largest absolute Gasteiger partial charge is 0.497 e. The summed E-state index contributed by atoms with van der Waals surface area (Å²) in [5, 5.41) is 21.4. The van der Waals surface area contributed by atoms with Gasteiger partial charge in [0.2, 0.25) is 12.1 Å². The van der Waals surface area contributed by atoms with Crippen molar-refractivity contribution in [2.45, 2.75) is 36.8 Å². The Morgan fingerprint density at radius 3 is 2.39 bits per heavy atom. The normalized spacial score (nSPS) is 14.9. The summed E-state index contributed by atoms with van der Waals surface area (Å²) in [5.74, 6) is -0.348. The second kappa shape index (κ2) is 8.26. The number of aliphatic hydroxyl groups is 1. The van der Waals surface area contributed by atoms with E-state index in [0.29, 0.717) is 5.75 Å². The SMILES string of the molecule is COc1ccc(C[C@@H](Br)[C@@](O)(C[N+](=O)[O-])C(=O)OC(C)C)cc1. The quantitative estimate of drug-likeness (QED) is 0.315. The summed E-state index contributed by atoms with van der Waals surface area (Å²) < 4.78 is 10.0. The van der Waals surface area contributed by atoms with Gasteiger partial charge < -0.3 is 14.6 Å². The first-order valence-electron chi connectivity index (χ1n) is 7.01. The number of rotatable bonds is 8. The number of benzene rings is 1. The summed E-state index contributed by atoms with van der Waals surface area (Å²) >= 11 is 3.21. The second-order valence-corrected chi connectivity index (χ2v) is 6.49. The Kier molecular flexibility index (Phi) is 6.96. The van der Waals surface area contributed by atoms with Crippen molar-refractivity contribution in [3.8, 4) is 5.75 Å². The molecule has 2 atom stereocenters. The van der Waals surface area contributed by atoms with Crippen LogP contribution in [0.2, 0.25) is 0 Å². The lowest BCUT2D eigenvalue weighted by Crippen LogP contribution is -2.54. The Balaban J connectivity index is 2.95.